The van der Waals surface area contributed by atoms with E-state index in [1.165, 1.54) is 18.4 Å². The zero-order chi connectivity index (χ0) is 24.6. The number of aromatic nitrogens is 5. The van der Waals surface area contributed by atoms with Gasteiger partial charge in [0.05, 0.1) is 11.2 Å². The third kappa shape index (κ3) is 4.11. The molecule has 0 aromatic carbocycles. The number of pyridine rings is 2. The number of rotatable bonds is 5. The highest BCUT2D eigenvalue weighted by Crippen LogP contribution is 2.41. The van der Waals surface area contributed by atoms with E-state index in [2.05, 4.69) is 26.8 Å². The second kappa shape index (κ2) is 8.96. The number of nitrogens with two attached hydrogens (primary N) is 1. The number of nitrogens with zero attached hydrogens (tertiary/aromatic N) is 6. The molecule has 4 aromatic rings. The van der Waals surface area contributed by atoms with Gasteiger partial charge in [0, 0.05) is 55.3 Å². The highest BCUT2D eigenvalue weighted by atomic mass is 16.5. The minimum atomic E-state index is -0.151. The summed E-state index contributed by atoms with van der Waals surface area (Å²) in [5.74, 6) is 7.84. The molecule has 1 amide bonds. The lowest BCUT2D eigenvalue weighted by Gasteiger charge is -2.12. The van der Waals surface area contributed by atoms with Crippen molar-refractivity contribution in [2.24, 2.45) is 0 Å². The Balaban J connectivity index is 1.29. The van der Waals surface area contributed by atoms with Crippen LogP contribution in [-0.4, -0.2) is 48.2 Å². The summed E-state index contributed by atoms with van der Waals surface area (Å²) in [6.45, 7) is 2.89. The van der Waals surface area contributed by atoms with Crippen LogP contribution >= 0.6 is 0 Å². The zero-order valence-corrected chi connectivity index (χ0v) is 19.9. The molecule has 4 aromatic heterocycles. The summed E-state index contributed by atoms with van der Waals surface area (Å²) in [4.78, 5) is 32.1. The third-order valence-electron chi connectivity index (χ3n) is 6.72. The summed E-state index contributed by atoms with van der Waals surface area (Å²) < 4.78 is 7.74. The molecule has 9 nitrogen and oxygen atoms in total. The number of hydrogen-bond donors (Lipinski definition) is 1. The van der Waals surface area contributed by atoms with Crippen molar-refractivity contribution in [2.75, 3.05) is 18.8 Å². The van der Waals surface area contributed by atoms with Crippen LogP contribution in [0.3, 0.4) is 0 Å². The molecule has 36 heavy (non-hydrogen) atoms. The molecule has 0 radical (unpaired) electrons. The van der Waals surface area contributed by atoms with Crippen molar-refractivity contribution in [3.8, 4) is 35.0 Å². The number of fused-ring (bicyclic) bond motifs is 1. The lowest BCUT2D eigenvalue weighted by molar-refractivity contribution is -0.124. The number of carbonyl (C=O) groups excluding carboxylic acids is 1. The summed E-state index contributed by atoms with van der Waals surface area (Å²) in [6.07, 6.45) is 8.42. The maximum atomic E-state index is 12.3. The summed E-state index contributed by atoms with van der Waals surface area (Å²) in [5.41, 5.74) is 10.1. The summed E-state index contributed by atoms with van der Waals surface area (Å²) in [6, 6.07) is 9.63. The molecule has 2 aliphatic rings. The largest absolute Gasteiger partial charge is 0.421 e. The van der Waals surface area contributed by atoms with E-state index in [0.717, 1.165) is 23.2 Å². The number of ether oxygens (including phenoxy) is 1. The SMILES string of the molecule is CC#CC(=O)N1CCC(c2nc(-c3ccc(Oc4cc(C5CC5)ccn4)nc3)n3c(N)nccc23)C1. The topological polar surface area (TPSA) is 112 Å². The standard InChI is InChI=1S/C27H25N7O2/c1-2-3-24(35)33-13-10-20(16-33)25-21-9-12-30-27(28)34(21)26(32-25)19-6-7-22(31-15-19)36-23-14-18(8-11-29-23)17-4-5-17/h6-9,11-12,14-15,17,20H,4-5,10,13,16H2,1H3,(H2,28,30). The van der Waals surface area contributed by atoms with Crippen molar-refractivity contribution in [1.82, 2.24) is 29.2 Å². The smallest absolute Gasteiger partial charge is 0.298 e. The van der Waals surface area contributed by atoms with E-state index in [1.807, 2.05) is 28.7 Å². The number of hydrogen-bond acceptors (Lipinski definition) is 7. The Morgan fingerprint density at radius 1 is 1.06 bits per heavy atom. The molecule has 0 bridgehead atoms. The predicted octanol–water partition coefficient (Wildman–Crippen LogP) is 3.78. The molecule has 1 unspecified atom stereocenters. The van der Waals surface area contributed by atoms with E-state index in [1.54, 1.807) is 36.5 Å². The van der Waals surface area contributed by atoms with Gasteiger partial charge in [-0.3, -0.25) is 9.20 Å². The van der Waals surface area contributed by atoms with Crippen LogP contribution in [0.15, 0.2) is 48.9 Å². The molecule has 1 aliphatic carbocycles. The quantitative estimate of drug-likeness (QED) is 0.434. The minimum Gasteiger partial charge on any atom is -0.421 e. The first kappa shape index (κ1) is 22.0. The molecular weight excluding hydrogens is 454 g/mol. The van der Waals surface area contributed by atoms with Gasteiger partial charge < -0.3 is 15.4 Å². The Bertz CT molecular complexity index is 1510. The first-order chi connectivity index (χ1) is 17.6. The average molecular weight is 480 g/mol. The molecule has 2 fully saturated rings. The molecule has 9 heteroatoms. The fourth-order valence-corrected chi connectivity index (χ4v) is 4.76. The molecule has 1 saturated heterocycles. The van der Waals surface area contributed by atoms with Gasteiger partial charge in [-0.25, -0.2) is 19.9 Å². The van der Waals surface area contributed by atoms with E-state index in [4.69, 9.17) is 15.5 Å². The summed E-state index contributed by atoms with van der Waals surface area (Å²) in [5, 5.41) is 0. The van der Waals surface area contributed by atoms with Crippen molar-refractivity contribution in [3.63, 3.8) is 0 Å². The van der Waals surface area contributed by atoms with Crippen LogP contribution in [0.5, 0.6) is 11.8 Å². The summed E-state index contributed by atoms with van der Waals surface area (Å²) in [7, 11) is 0. The molecular formula is C27H25N7O2. The maximum absolute atomic E-state index is 12.3. The van der Waals surface area contributed by atoms with Crippen LogP contribution in [0.2, 0.25) is 0 Å². The van der Waals surface area contributed by atoms with Crippen molar-refractivity contribution in [1.29, 1.82) is 0 Å². The number of anilines is 1. The van der Waals surface area contributed by atoms with E-state index in [-0.39, 0.29) is 11.8 Å². The van der Waals surface area contributed by atoms with Crippen molar-refractivity contribution >= 4 is 17.4 Å². The van der Waals surface area contributed by atoms with Gasteiger partial charge in [0.15, 0.2) is 0 Å². The Labute approximate surface area is 208 Å². The second-order valence-corrected chi connectivity index (χ2v) is 9.14. The number of likely N-dealkylation sites (tertiary alicyclic amines) is 1. The number of nitrogen functional groups attached to an aromatic ring is 1. The molecule has 1 atom stereocenters. The highest BCUT2D eigenvalue weighted by Gasteiger charge is 2.31. The zero-order valence-electron chi connectivity index (χ0n) is 19.9. The fourth-order valence-electron chi connectivity index (χ4n) is 4.76. The number of amides is 1. The van der Waals surface area contributed by atoms with Gasteiger partial charge >= 0.3 is 0 Å². The molecule has 180 valence electrons. The first-order valence-electron chi connectivity index (χ1n) is 12.1. The van der Waals surface area contributed by atoms with Crippen molar-refractivity contribution in [2.45, 2.75) is 38.0 Å². The highest BCUT2D eigenvalue weighted by molar-refractivity contribution is 5.93. The van der Waals surface area contributed by atoms with E-state index < -0.39 is 0 Å². The Hall–Kier alpha value is -4.45. The Morgan fingerprint density at radius 3 is 2.69 bits per heavy atom. The normalized spacial score (nSPS) is 17.1. The van der Waals surface area contributed by atoms with Crippen LogP contribution in [0.4, 0.5) is 5.95 Å². The molecule has 1 aliphatic heterocycles. The van der Waals surface area contributed by atoms with Gasteiger partial charge in [0.1, 0.15) is 5.82 Å². The van der Waals surface area contributed by atoms with Gasteiger partial charge in [-0.05, 0) is 61.8 Å². The molecule has 1 saturated carbocycles. The Morgan fingerprint density at radius 2 is 1.92 bits per heavy atom. The van der Waals surface area contributed by atoms with Crippen LogP contribution in [0.25, 0.3) is 16.9 Å². The van der Waals surface area contributed by atoms with Crippen LogP contribution in [0, 0.1) is 11.8 Å². The predicted molar refractivity (Wildman–Crippen MR) is 134 cm³/mol. The molecule has 6 rings (SSSR count). The van der Waals surface area contributed by atoms with Crippen molar-refractivity contribution < 1.29 is 9.53 Å². The maximum Gasteiger partial charge on any atom is 0.298 e. The van der Waals surface area contributed by atoms with E-state index in [9.17, 15) is 4.79 Å². The van der Waals surface area contributed by atoms with E-state index in [0.29, 0.717) is 42.5 Å². The minimum absolute atomic E-state index is 0.0820. The number of imidazole rings is 1. The van der Waals surface area contributed by atoms with Gasteiger partial charge in [-0.15, -0.1) is 0 Å². The van der Waals surface area contributed by atoms with Crippen LogP contribution in [0.1, 0.15) is 49.3 Å². The van der Waals surface area contributed by atoms with Crippen LogP contribution < -0.4 is 10.5 Å². The monoisotopic (exact) mass is 479 g/mol. The second-order valence-electron chi connectivity index (χ2n) is 9.14. The molecule has 0 spiro atoms. The number of carbonyl (C=O) groups is 1. The van der Waals surface area contributed by atoms with Gasteiger partial charge in [0.25, 0.3) is 5.91 Å². The van der Waals surface area contributed by atoms with E-state index >= 15 is 0 Å². The van der Waals surface area contributed by atoms with Crippen molar-refractivity contribution in [3.05, 3.63) is 60.2 Å². The van der Waals surface area contributed by atoms with Gasteiger partial charge in [-0.2, -0.15) is 0 Å². The fraction of sp³-hybridized carbons (Fsp3) is 0.296. The van der Waals surface area contributed by atoms with Gasteiger partial charge in [0.2, 0.25) is 17.7 Å². The molecule has 5 heterocycles. The van der Waals surface area contributed by atoms with Crippen LogP contribution in [-0.2, 0) is 4.79 Å². The van der Waals surface area contributed by atoms with Gasteiger partial charge in [-0.1, -0.05) is 5.92 Å². The average Bonchev–Trinajstić information content (AvgIpc) is 3.49. The lowest BCUT2D eigenvalue weighted by Crippen LogP contribution is -2.26. The summed E-state index contributed by atoms with van der Waals surface area (Å²) >= 11 is 0. The lowest BCUT2D eigenvalue weighted by atomic mass is 10.0. The third-order valence-corrected chi connectivity index (χ3v) is 6.72. The molecule has 2 N–H and O–H groups in total. The first-order valence-corrected chi connectivity index (χ1v) is 12.1. The Kier molecular flexibility index (Phi) is 5.49.